The number of hydrogen-bond acceptors (Lipinski definition) is 5. The average Bonchev–Trinajstić information content (AvgIpc) is 3.26. The van der Waals surface area contributed by atoms with Crippen LogP contribution in [0, 0.1) is 5.92 Å². The minimum atomic E-state index is -0.919. The molecule has 186 valence electrons. The van der Waals surface area contributed by atoms with Crippen LogP contribution in [0.5, 0.6) is 11.5 Å². The number of rotatable bonds is 7. The number of Topliss-reactive ketones (excluding diaryl/α,β-unsaturated/α-hetero) is 1. The van der Waals surface area contributed by atoms with Crippen LogP contribution in [0.2, 0.25) is 0 Å². The Balaban J connectivity index is 1.35. The predicted molar refractivity (Wildman–Crippen MR) is 138 cm³/mol. The van der Waals surface area contributed by atoms with Crippen LogP contribution >= 0.6 is 0 Å². The highest BCUT2D eigenvalue weighted by Crippen LogP contribution is 2.30. The number of benzene rings is 3. The van der Waals surface area contributed by atoms with Crippen molar-refractivity contribution in [2.75, 3.05) is 11.4 Å². The van der Waals surface area contributed by atoms with Crippen LogP contribution in [0.3, 0.4) is 0 Å². The smallest absolute Gasteiger partial charge is 0.312 e. The first-order valence-electron chi connectivity index (χ1n) is 12.1. The molecule has 4 rings (SSSR count). The Kier molecular flexibility index (Phi) is 7.25. The van der Waals surface area contributed by atoms with Gasteiger partial charge in [0.2, 0.25) is 11.7 Å². The van der Waals surface area contributed by atoms with Crippen molar-refractivity contribution in [3.8, 4) is 11.5 Å². The number of anilines is 1. The molecule has 0 unspecified atom stereocenters. The molecule has 6 nitrogen and oxygen atoms in total. The SMILES string of the molecule is C[C@H](OC(=O)[C@H]1CC(=O)N(c2ccc(Oc3ccc(C(C)(C)C)cc3)cc2)C1)C(=O)c1ccccc1. The Morgan fingerprint density at radius 1 is 0.889 bits per heavy atom. The second-order valence-electron chi connectivity index (χ2n) is 10.1. The fourth-order valence-corrected chi connectivity index (χ4v) is 4.13. The molecule has 0 radical (unpaired) electrons. The lowest BCUT2D eigenvalue weighted by Gasteiger charge is -2.19. The van der Waals surface area contributed by atoms with Gasteiger partial charge in [-0.1, -0.05) is 63.2 Å². The highest BCUT2D eigenvalue weighted by molar-refractivity contribution is 6.02. The van der Waals surface area contributed by atoms with Crippen LogP contribution in [0.4, 0.5) is 5.69 Å². The van der Waals surface area contributed by atoms with Crippen LogP contribution < -0.4 is 9.64 Å². The number of carbonyl (C=O) groups excluding carboxylic acids is 3. The van der Waals surface area contributed by atoms with Gasteiger partial charge in [-0.05, 0) is 54.3 Å². The van der Waals surface area contributed by atoms with Crippen molar-refractivity contribution in [3.05, 3.63) is 90.0 Å². The number of amides is 1. The van der Waals surface area contributed by atoms with Crippen molar-refractivity contribution < 1.29 is 23.9 Å². The zero-order valence-electron chi connectivity index (χ0n) is 21.1. The molecule has 3 aromatic rings. The van der Waals surface area contributed by atoms with Gasteiger partial charge in [-0.2, -0.15) is 0 Å². The van der Waals surface area contributed by atoms with Crippen LogP contribution in [-0.4, -0.2) is 30.3 Å². The normalized spacial score (nSPS) is 16.5. The number of ether oxygens (including phenoxy) is 2. The van der Waals surface area contributed by atoms with E-state index in [1.54, 1.807) is 60.4 Å². The number of esters is 1. The van der Waals surface area contributed by atoms with E-state index in [4.69, 9.17) is 9.47 Å². The maximum absolute atomic E-state index is 12.7. The van der Waals surface area contributed by atoms with Crippen molar-refractivity contribution in [1.82, 2.24) is 0 Å². The summed E-state index contributed by atoms with van der Waals surface area (Å²) in [4.78, 5) is 39.4. The summed E-state index contributed by atoms with van der Waals surface area (Å²) in [6.45, 7) is 8.25. The van der Waals surface area contributed by atoms with E-state index in [-0.39, 0.29) is 30.1 Å². The zero-order chi connectivity index (χ0) is 25.9. The van der Waals surface area contributed by atoms with Gasteiger partial charge in [0.1, 0.15) is 11.5 Å². The first-order chi connectivity index (χ1) is 17.1. The molecule has 0 saturated carbocycles. The molecule has 0 spiro atoms. The van der Waals surface area contributed by atoms with E-state index in [1.165, 1.54) is 5.56 Å². The van der Waals surface area contributed by atoms with Gasteiger partial charge in [-0.15, -0.1) is 0 Å². The van der Waals surface area contributed by atoms with Gasteiger partial charge in [0.05, 0.1) is 5.92 Å². The third-order valence-electron chi connectivity index (χ3n) is 6.28. The molecule has 0 aliphatic carbocycles. The van der Waals surface area contributed by atoms with Gasteiger partial charge in [-0.25, -0.2) is 0 Å². The Labute approximate surface area is 211 Å². The van der Waals surface area contributed by atoms with Crippen molar-refractivity contribution in [2.45, 2.75) is 45.6 Å². The van der Waals surface area contributed by atoms with Crippen molar-refractivity contribution in [1.29, 1.82) is 0 Å². The summed E-state index contributed by atoms with van der Waals surface area (Å²) in [6, 6.07) is 23.9. The standard InChI is InChI=1S/C30H31NO5/c1-20(28(33)21-8-6-5-7-9-21)35-29(34)22-18-27(32)31(19-22)24-12-16-26(17-13-24)36-25-14-10-23(11-15-25)30(2,3)4/h5-17,20,22H,18-19H2,1-4H3/t20-,22-/m0/s1. The first kappa shape index (κ1) is 25.2. The average molecular weight is 486 g/mol. The van der Waals surface area contributed by atoms with E-state index < -0.39 is 18.0 Å². The van der Waals surface area contributed by atoms with Gasteiger partial charge in [0.15, 0.2) is 6.10 Å². The van der Waals surface area contributed by atoms with Crippen LogP contribution in [0.25, 0.3) is 0 Å². The minimum Gasteiger partial charge on any atom is -0.457 e. The fraction of sp³-hybridized carbons (Fsp3) is 0.300. The zero-order valence-corrected chi connectivity index (χ0v) is 21.1. The Bertz CT molecular complexity index is 1230. The quantitative estimate of drug-likeness (QED) is 0.306. The third-order valence-corrected chi connectivity index (χ3v) is 6.28. The van der Waals surface area contributed by atoms with Crippen LogP contribution in [0.15, 0.2) is 78.9 Å². The molecule has 1 heterocycles. The lowest BCUT2D eigenvalue weighted by Crippen LogP contribution is -2.30. The predicted octanol–water partition coefficient (Wildman–Crippen LogP) is 5.94. The summed E-state index contributed by atoms with van der Waals surface area (Å²) in [5.41, 5.74) is 2.46. The lowest BCUT2D eigenvalue weighted by atomic mass is 9.87. The lowest BCUT2D eigenvalue weighted by molar-refractivity contribution is -0.151. The van der Waals surface area contributed by atoms with E-state index in [9.17, 15) is 14.4 Å². The summed E-state index contributed by atoms with van der Waals surface area (Å²) in [7, 11) is 0. The van der Waals surface area contributed by atoms with E-state index in [2.05, 4.69) is 32.9 Å². The van der Waals surface area contributed by atoms with Crippen molar-refractivity contribution >= 4 is 23.3 Å². The molecule has 2 atom stereocenters. The largest absolute Gasteiger partial charge is 0.457 e. The molecule has 1 aliphatic rings. The maximum atomic E-state index is 12.7. The highest BCUT2D eigenvalue weighted by atomic mass is 16.5. The fourth-order valence-electron chi connectivity index (χ4n) is 4.13. The van der Waals surface area contributed by atoms with E-state index in [0.717, 1.165) is 5.75 Å². The van der Waals surface area contributed by atoms with Gasteiger partial charge < -0.3 is 14.4 Å². The molecule has 1 amide bonds. The molecule has 36 heavy (non-hydrogen) atoms. The molecule has 0 N–H and O–H groups in total. The number of hydrogen-bond donors (Lipinski definition) is 0. The van der Waals surface area contributed by atoms with E-state index in [1.807, 2.05) is 18.2 Å². The molecular formula is C30H31NO5. The van der Waals surface area contributed by atoms with Gasteiger partial charge in [0, 0.05) is 24.2 Å². The van der Waals surface area contributed by atoms with E-state index >= 15 is 0 Å². The number of ketones is 1. The maximum Gasteiger partial charge on any atom is 0.312 e. The molecule has 0 aromatic heterocycles. The number of nitrogens with zero attached hydrogens (tertiary/aromatic N) is 1. The Morgan fingerprint density at radius 2 is 1.47 bits per heavy atom. The third kappa shape index (κ3) is 5.82. The molecule has 1 fully saturated rings. The summed E-state index contributed by atoms with van der Waals surface area (Å²) in [5, 5.41) is 0. The van der Waals surface area contributed by atoms with Crippen molar-refractivity contribution in [3.63, 3.8) is 0 Å². The van der Waals surface area contributed by atoms with Crippen molar-refractivity contribution in [2.24, 2.45) is 5.92 Å². The minimum absolute atomic E-state index is 0.0451. The molecule has 3 aromatic carbocycles. The first-order valence-corrected chi connectivity index (χ1v) is 12.1. The monoisotopic (exact) mass is 485 g/mol. The molecule has 1 saturated heterocycles. The van der Waals surface area contributed by atoms with E-state index in [0.29, 0.717) is 17.0 Å². The summed E-state index contributed by atoms with van der Waals surface area (Å²) in [6.07, 6.45) is -0.873. The highest BCUT2D eigenvalue weighted by Gasteiger charge is 2.37. The number of carbonyl (C=O) groups is 3. The summed E-state index contributed by atoms with van der Waals surface area (Å²) in [5.74, 6) is -0.214. The Hall–Kier alpha value is -3.93. The second-order valence-corrected chi connectivity index (χ2v) is 10.1. The second kappa shape index (κ2) is 10.4. The molecule has 1 aliphatic heterocycles. The van der Waals surface area contributed by atoms with Gasteiger partial charge in [-0.3, -0.25) is 14.4 Å². The molecule has 0 bridgehead atoms. The molecule has 6 heteroatoms. The van der Waals surface area contributed by atoms with Gasteiger partial charge >= 0.3 is 5.97 Å². The van der Waals surface area contributed by atoms with Crippen LogP contribution in [-0.2, 0) is 19.7 Å². The summed E-state index contributed by atoms with van der Waals surface area (Å²) < 4.78 is 11.4. The molecular weight excluding hydrogens is 454 g/mol. The summed E-state index contributed by atoms with van der Waals surface area (Å²) >= 11 is 0. The topological polar surface area (TPSA) is 72.9 Å². The van der Waals surface area contributed by atoms with Gasteiger partial charge in [0.25, 0.3) is 0 Å². The Morgan fingerprint density at radius 3 is 2.06 bits per heavy atom. The van der Waals surface area contributed by atoms with Crippen LogP contribution in [0.1, 0.15) is 50.0 Å².